The fourth-order valence-corrected chi connectivity index (χ4v) is 3.75. The second-order valence-corrected chi connectivity index (χ2v) is 7.20. The SMILES string of the molecule is O=C(OCc1ccccc1)c1cc2c(=O)n(CC3C=CC=CO3)c(=O)[nH]c2s1. The molecule has 0 fully saturated rings. The van der Waals surface area contributed by atoms with Gasteiger partial charge in [-0.1, -0.05) is 36.4 Å². The number of esters is 1. The molecule has 0 amide bonds. The Morgan fingerprint density at radius 2 is 2.04 bits per heavy atom. The number of carbonyl (C=O) groups is 1. The van der Waals surface area contributed by atoms with Gasteiger partial charge in [-0.15, -0.1) is 11.3 Å². The molecule has 1 N–H and O–H groups in total. The normalized spacial score (nSPS) is 15.5. The highest BCUT2D eigenvalue weighted by molar-refractivity contribution is 7.20. The van der Waals surface area contributed by atoms with Crippen molar-refractivity contribution in [3.05, 3.63) is 92.2 Å². The maximum Gasteiger partial charge on any atom is 0.348 e. The van der Waals surface area contributed by atoms with Gasteiger partial charge in [0.2, 0.25) is 0 Å². The van der Waals surface area contributed by atoms with Crippen molar-refractivity contribution in [1.82, 2.24) is 9.55 Å². The van der Waals surface area contributed by atoms with Crippen molar-refractivity contribution in [3.8, 4) is 0 Å². The van der Waals surface area contributed by atoms with Gasteiger partial charge in [0.1, 0.15) is 22.4 Å². The lowest BCUT2D eigenvalue weighted by atomic mass is 10.2. The summed E-state index contributed by atoms with van der Waals surface area (Å²) in [6.07, 6.45) is 6.37. The Bertz CT molecular complexity index is 1190. The molecule has 4 rings (SSSR count). The van der Waals surface area contributed by atoms with Crippen LogP contribution in [0.4, 0.5) is 0 Å². The van der Waals surface area contributed by atoms with Crippen molar-refractivity contribution in [1.29, 1.82) is 0 Å². The van der Waals surface area contributed by atoms with Crippen molar-refractivity contribution < 1.29 is 14.3 Å². The zero-order valence-electron chi connectivity index (χ0n) is 14.7. The Morgan fingerprint density at radius 3 is 2.79 bits per heavy atom. The van der Waals surface area contributed by atoms with E-state index in [0.29, 0.717) is 4.83 Å². The zero-order valence-corrected chi connectivity index (χ0v) is 15.5. The topological polar surface area (TPSA) is 90.4 Å². The molecule has 0 radical (unpaired) electrons. The molecule has 0 bridgehead atoms. The quantitative estimate of drug-likeness (QED) is 0.670. The van der Waals surface area contributed by atoms with E-state index < -0.39 is 23.3 Å². The first kappa shape index (κ1) is 18.0. The fraction of sp³-hybridized carbons (Fsp3) is 0.150. The number of hydrogen-bond acceptors (Lipinski definition) is 6. The van der Waals surface area contributed by atoms with Gasteiger partial charge in [-0.2, -0.15) is 0 Å². The van der Waals surface area contributed by atoms with E-state index >= 15 is 0 Å². The largest absolute Gasteiger partial charge is 0.492 e. The number of nitrogens with zero attached hydrogens (tertiary/aromatic N) is 1. The summed E-state index contributed by atoms with van der Waals surface area (Å²) in [6, 6.07) is 10.8. The second kappa shape index (κ2) is 7.69. The number of benzene rings is 1. The summed E-state index contributed by atoms with van der Waals surface area (Å²) in [5.74, 6) is -0.541. The van der Waals surface area contributed by atoms with Crippen LogP contribution >= 0.6 is 11.3 Å². The maximum absolute atomic E-state index is 12.7. The molecule has 2 aromatic heterocycles. The van der Waals surface area contributed by atoms with Gasteiger partial charge >= 0.3 is 11.7 Å². The summed E-state index contributed by atoms with van der Waals surface area (Å²) in [7, 11) is 0. The third kappa shape index (κ3) is 3.67. The molecule has 3 heterocycles. The van der Waals surface area contributed by atoms with Gasteiger partial charge in [-0.25, -0.2) is 9.59 Å². The van der Waals surface area contributed by atoms with Crippen LogP contribution in [-0.4, -0.2) is 21.6 Å². The molecule has 28 heavy (non-hydrogen) atoms. The standard InChI is InChI=1S/C20H16N2O5S/c23-18-15-10-16(19(24)27-12-13-6-2-1-3-7-13)28-17(15)21-20(25)22(18)11-14-8-4-5-9-26-14/h1-10,14H,11-12H2,(H,21,25). The van der Waals surface area contributed by atoms with Gasteiger partial charge < -0.3 is 9.47 Å². The number of thiophene rings is 1. The summed E-state index contributed by atoms with van der Waals surface area (Å²) in [6.45, 7) is 0.210. The van der Waals surface area contributed by atoms with Crippen LogP contribution in [0.3, 0.4) is 0 Å². The predicted octanol–water partition coefficient (Wildman–Crippen LogP) is 2.58. The van der Waals surface area contributed by atoms with Crippen molar-refractivity contribution in [2.75, 3.05) is 0 Å². The third-order valence-electron chi connectivity index (χ3n) is 4.22. The molecule has 1 atom stereocenters. The number of fused-ring (bicyclic) bond motifs is 1. The highest BCUT2D eigenvalue weighted by Crippen LogP contribution is 2.21. The minimum absolute atomic E-state index is 0.0780. The molecule has 8 heteroatoms. The average Bonchev–Trinajstić information content (AvgIpc) is 3.15. The highest BCUT2D eigenvalue weighted by Gasteiger charge is 2.18. The molecule has 7 nitrogen and oxygen atoms in total. The first-order valence-corrected chi connectivity index (χ1v) is 9.40. The zero-order chi connectivity index (χ0) is 19.5. The van der Waals surface area contributed by atoms with Crippen molar-refractivity contribution in [2.24, 2.45) is 0 Å². The van der Waals surface area contributed by atoms with Gasteiger partial charge in [0.05, 0.1) is 18.2 Å². The van der Waals surface area contributed by atoms with Gasteiger partial charge in [-0.3, -0.25) is 14.3 Å². The number of hydrogen-bond donors (Lipinski definition) is 1. The molecular formula is C20H16N2O5S. The Balaban J connectivity index is 1.58. The monoisotopic (exact) mass is 396 g/mol. The summed E-state index contributed by atoms with van der Waals surface area (Å²) in [5.41, 5.74) is -0.152. The number of ether oxygens (including phenoxy) is 2. The Morgan fingerprint density at radius 1 is 1.21 bits per heavy atom. The lowest BCUT2D eigenvalue weighted by molar-refractivity contribution is 0.0478. The molecule has 0 spiro atoms. The van der Waals surface area contributed by atoms with Gasteiger partial charge in [0.25, 0.3) is 5.56 Å². The Labute approximate surface area is 163 Å². The number of nitrogens with one attached hydrogen (secondary N) is 1. The van der Waals surface area contributed by atoms with Gasteiger partial charge in [0.15, 0.2) is 0 Å². The van der Waals surface area contributed by atoms with Gasteiger partial charge in [0, 0.05) is 0 Å². The average molecular weight is 396 g/mol. The van der Waals surface area contributed by atoms with Crippen LogP contribution in [-0.2, 0) is 22.6 Å². The first-order valence-electron chi connectivity index (χ1n) is 8.58. The van der Waals surface area contributed by atoms with E-state index in [0.717, 1.165) is 21.5 Å². The minimum Gasteiger partial charge on any atom is -0.492 e. The smallest absolute Gasteiger partial charge is 0.348 e. The maximum atomic E-state index is 12.7. The highest BCUT2D eigenvalue weighted by atomic mass is 32.1. The number of aromatic nitrogens is 2. The molecule has 142 valence electrons. The molecule has 1 unspecified atom stereocenters. The summed E-state index contributed by atoms with van der Waals surface area (Å²) < 4.78 is 11.7. The number of rotatable bonds is 5. The van der Waals surface area contributed by atoms with E-state index in [9.17, 15) is 14.4 Å². The minimum atomic E-state index is -0.546. The third-order valence-corrected chi connectivity index (χ3v) is 5.25. The second-order valence-electron chi connectivity index (χ2n) is 6.15. The summed E-state index contributed by atoms with van der Waals surface area (Å²) in [5, 5.41) is 0.270. The van der Waals surface area contributed by atoms with Gasteiger partial charge in [-0.05, 0) is 23.8 Å². The molecule has 1 aliphatic heterocycles. The molecule has 1 aliphatic rings. The number of allylic oxidation sites excluding steroid dienone is 2. The van der Waals surface area contributed by atoms with Crippen molar-refractivity contribution in [2.45, 2.75) is 19.3 Å². The van der Waals surface area contributed by atoms with Crippen LogP contribution in [0, 0.1) is 0 Å². The van der Waals surface area contributed by atoms with Crippen LogP contribution in [0.25, 0.3) is 10.2 Å². The van der Waals surface area contributed by atoms with E-state index in [2.05, 4.69) is 4.98 Å². The first-order chi connectivity index (χ1) is 13.6. The fourth-order valence-electron chi connectivity index (χ4n) is 2.81. The lowest BCUT2D eigenvalue weighted by Crippen LogP contribution is -2.38. The van der Waals surface area contributed by atoms with Crippen LogP contribution < -0.4 is 11.2 Å². The van der Waals surface area contributed by atoms with Crippen LogP contribution in [0.2, 0.25) is 0 Å². The lowest BCUT2D eigenvalue weighted by Gasteiger charge is -2.15. The van der Waals surface area contributed by atoms with E-state index in [1.54, 1.807) is 18.2 Å². The van der Waals surface area contributed by atoms with Crippen LogP contribution in [0.15, 0.2) is 70.5 Å². The predicted molar refractivity (Wildman–Crippen MR) is 105 cm³/mol. The summed E-state index contributed by atoms with van der Waals surface area (Å²) >= 11 is 1.02. The molecule has 3 aromatic rings. The Kier molecular flexibility index (Phi) is 4.94. The molecule has 1 aromatic carbocycles. The number of carbonyl (C=O) groups excluding carboxylic acids is 1. The van der Waals surface area contributed by atoms with E-state index in [1.165, 1.54) is 12.3 Å². The summed E-state index contributed by atoms with van der Waals surface area (Å²) in [4.78, 5) is 40.7. The molecular weight excluding hydrogens is 380 g/mol. The van der Waals surface area contributed by atoms with Crippen LogP contribution in [0.5, 0.6) is 0 Å². The van der Waals surface area contributed by atoms with E-state index in [4.69, 9.17) is 9.47 Å². The molecule has 0 aliphatic carbocycles. The van der Waals surface area contributed by atoms with Crippen molar-refractivity contribution >= 4 is 27.5 Å². The van der Waals surface area contributed by atoms with E-state index in [-0.39, 0.29) is 23.4 Å². The van der Waals surface area contributed by atoms with Crippen molar-refractivity contribution in [3.63, 3.8) is 0 Å². The van der Waals surface area contributed by atoms with E-state index in [1.807, 2.05) is 30.3 Å². The number of aromatic amines is 1. The molecule has 0 saturated heterocycles. The molecule has 0 saturated carbocycles. The number of H-pyrrole nitrogens is 1. The Hall–Kier alpha value is -3.39. The van der Waals surface area contributed by atoms with Crippen LogP contribution in [0.1, 0.15) is 15.2 Å².